The highest BCUT2D eigenvalue weighted by molar-refractivity contribution is 5.97. The Balaban J connectivity index is 2.67. The molecule has 0 bridgehead atoms. The van der Waals surface area contributed by atoms with Crippen LogP contribution in [0.25, 0.3) is 0 Å². The van der Waals surface area contributed by atoms with E-state index in [9.17, 15) is 9.59 Å². The average molecular weight is 250 g/mol. The van der Waals surface area contributed by atoms with E-state index in [2.05, 4.69) is 0 Å². The minimum Gasteiger partial charge on any atom is -0.491 e. The molecule has 0 saturated heterocycles. The van der Waals surface area contributed by atoms with E-state index < -0.39 is 11.9 Å². The van der Waals surface area contributed by atoms with Gasteiger partial charge in [-0.2, -0.15) is 0 Å². The molecule has 0 fully saturated rings. The summed E-state index contributed by atoms with van der Waals surface area (Å²) in [6, 6.07) is 6.76. The lowest BCUT2D eigenvalue weighted by molar-refractivity contribution is -0.141. The molecular formula is C14H18O4. The minimum atomic E-state index is -0.955. The van der Waals surface area contributed by atoms with Gasteiger partial charge in [0.15, 0.2) is 5.78 Å². The molecule has 4 heteroatoms. The maximum atomic E-state index is 11.8. The summed E-state index contributed by atoms with van der Waals surface area (Å²) in [4.78, 5) is 22.5. The Hall–Kier alpha value is -1.84. The molecule has 0 radical (unpaired) electrons. The van der Waals surface area contributed by atoms with Gasteiger partial charge in [-0.15, -0.1) is 0 Å². The Labute approximate surface area is 107 Å². The molecule has 1 atom stereocenters. The molecule has 0 saturated carbocycles. The Morgan fingerprint density at radius 3 is 2.17 bits per heavy atom. The van der Waals surface area contributed by atoms with Crippen molar-refractivity contribution >= 4 is 11.8 Å². The highest BCUT2D eigenvalue weighted by Gasteiger charge is 2.16. The molecule has 0 heterocycles. The monoisotopic (exact) mass is 250 g/mol. The molecule has 1 aromatic carbocycles. The fraction of sp³-hybridized carbons (Fsp3) is 0.429. The second-order valence-electron chi connectivity index (χ2n) is 4.56. The van der Waals surface area contributed by atoms with Gasteiger partial charge in [0.05, 0.1) is 12.0 Å². The molecule has 0 aromatic heterocycles. The van der Waals surface area contributed by atoms with Crippen LogP contribution in [0.1, 0.15) is 37.6 Å². The van der Waals surface area contributed by atoms with E-state index in [0.717, 1.165) is 0 Å². The van der Waals surface area contributed by atoms with Crippen LogP contribution in [0, 0.1) is 5.92 Å². The molecule has 1 N–H and O–H groups in total. The molecule has 98 valence electrons. The highest BCUT2D eigenvalue weighted by atomic mass is 16.5. The summed E-state index contributed by atoms with van der Waals surface area (Å²) in [5.74, 6) is -1.08. The van der Waals surface area contributed by atoms with Gasteiger partial charge in [-0.3, -0.25) is 9.59 Å². The van der Waals surface area contributed by atoms with Crippen molar-refractivity contribution in [3.8, 4) is 5.75 Å². The second-order valence-corrected chi connectivity index (χ2v) is 4.56. The fourth-order valence-corrected chi connectivity index (χ4v) is 1.47. The van der Waals surface area contributed by atoms with E-state index in [-0.39, 0.29) is 18.3 Å². The van der Waals surface area contributed by atoms with Gasteiger partial charge in [-0.1, -0.05) is 6.92 Å². The van der Waals surface area contributed by atoms with Gasteiger partial charge in [0, 0.05) is 12.0 Å². The number of carbonyl (C=O) groups is 2. The zero-order valence-corrected chi connectivity index (χ0v) is 10.8. The first-order valence-electron chi connectivity index (χ1n) is 5.93. The number of aliphatic carboxylic acids is 1. The van der Waals surface area contributed by atoms with Gasteiger partial charge in [0.25, 0.3) is 0 Å². The van der Waals surface area contributed by atoms with Crippen LogP contribution in [-0.4, -0.2) is 23.0 Å². The van der Waals surface area contributed by atoms with Crippen LogP contribution in [0.15, 0.2) is 24.3 Å². The van der Waals surface area contributed by atoms with Crippen LogP contribution in [-0.2, 0) is 4.79 Å². The molecule has 1 aromatic rings. The summed E-state index contributed by atoms with van der Waals surface area (Å²) in [5, 5.41) is 8.75. The summed E-state index contributed by atoms with van der Waals surface area (Å²) in [6.07, 6.45) is 0.0956. The molecule has 0 aliphatic rings. The predicted molar refractivity (Wildman–Crippen MR) is 68.0 cm³/mol. The molecule has 0 spiro atoms. The zero-order chi connectivity index (χ0) is 13.7. The van der Waals surface area contributed by atoms with Crippen molar-refractivity contribution in [2.75, 3.05) is 0 Å². The van der Waals surface area contributed by atoms with Gasteiger partial charge in [-0.05, 0) is 38.1 Å². The number of benzene rings is 1. The molecule has 18 heavy (non-hydrogen) atoms. The van der Waals surface area contributed by atoms with Gasteiger partial charge in [0.2, 0.25) is 0 Å². The van der Waals surface area contributed by atoms with Crippen molar-refractivity contribution < 1.29 is 19.4 Å². The smallest absolute Gasteiger partial charge is 0.306 e. The topological polar surface area (TPSA) is 63.6 Å². The zero-order valence-electron chi connectivity index (χ0n) is 10.8. The van der Waals surface area contributed by atoms with E-state index in [4.69, 9.17) is 9.84 Å². The van der Waals surface area contributed by atoms with Crippen molar-refractivity contribution in [3.05, 3.63) is 29.8 Å². The summed E-state index contributed by atoms with van der Waals surface area (Å²) >= 11 is 0. The Morgan fingerprint density at radius 2 is 1.72 bits per heavy atom. The third kappa shape index (κ3) is 4.20. The fourth-order valence-electron chi connectivity index (χ4n) is 1.47. The van der Waals surface area contributed by atoms with Crippen molar-refractivity contribution in [2.24, 2.45) is 5.92 Å². The lowest BCUT2D eigenvalue weighted by Crippen LogP contribution is -2.14. The predicted octanol–water partition coefficient (Wildman–Crippen LogP) is 2.77. The average Bonchev–Trinajstić information content (AvgIpc) is 2.28. The van der Waals surface area contributed by atoms with E-state index in [1.165, 1.54) is 6.92 Å². The first-order valence-corrected chi connectivity index (χ1v) is 5.93. The molecule has 1 unspecified atom stereocenters. The minimum absolute atomic E-state index is 0.0136. The van der Waals surface area contributed by atoms with Gasteiger partial charge in [0.1, 0.15) is 5.75 Å². The Kier molecular flexibility index (Phi) is 4.89. The molecular weight excluding hydrogens is 232 g/mol. The standard InChI is InChI=1S/C14H18O4/c1-9(2)18-12-6-4-11(5-7-12)13(15)8-10(3)14(16)17/h4-7,9-10H,8H2,1-3H3,(H,16,17). The quantitative estimate of drug-likeness (QED) is 0.788. The number of carboxylic acids is 1. The third-order valence-corrected chi connectivity index (χ3v) is 2.46. The van der Waals surface area contributed by atoms with E-state index >= 15 is 0 Å². The summed E-state index contributed by atoms with van der Waals surface area (Å²) < 4.78 is 5.46. The van der Waals surface area contributed by atoms with Gasteiger partial charge < -0.3 is 9.84 Å². The molecule has 0 aliphatic carbocycles. The molecule has 1 rings (SSSR count). The molecule has 0 aliphatic heterocycles. The second kappa shape index (κ2) is 6.19. The van der Waals surface area contributed by atoms with Gasteiger partial charge >= 0.3 is 5.97 Å². The largest absolute Gasteiger partial charge is 0.491 e. The van der Waals surface area contributed by atoms with Crippen LogP contribution in [0.2, 0.25) is 0 Å². The lowest BCUT2D eigenvalue weighted by atomic mass is 10.00. The first-order chi connectivity index (χ1) is 8.40. The highest BCUT2D eigenvalue weighted by Crippen LogP contribution is 2.16. The maximum Gasteiger partial charge on any atom is 0.306 e. The number of Topliss-reactive ketones (excluding diaryl/α,β-unsaturated/α-hetero) is 1. The number of ketones is 1. The number of carboxylic acid groups (broad SMARTS) is 1. The lowest BCUT2D eigenvalue weighted by Gasteiger charge is -2.10. The number of carbonyl (C=O) groups excluding carboxylic acids is 1. The SMILES string of the molecule is CC(C)Oc1ccc(C(=O)CC(C)C(=O)O)cc1. The number of hydrogen-bond acceptors (Lipinski definition) is 3. The van der Waals surface area contributed by atoms with Gasteiger partial charge in [-0.25, -0.2) is 0 Å². The van der Waals surface area contributed by atoms with Crippen LogP contribution in [0.3, 0.4) is 0 Å². The maximum absolute atomic E-state index is 11.8. The molecule has 0 amide bonds. The van der Waals surface area contributed by atoms with Crippen LogP contribution < -0.4 is 4.74 Å². The van der Waals surface area contributed by atoms with E-state index in [1.807, 2.05) is 13.8 Å². The van der Waals surface area contributed by atoms with Crippen LogP contribution >= 0.6 is 0 Å². The van der Waals surface area contributed by atoms with Crippen molar-refractivity contribution in [2.45, 2.75) is 33.3 Å². The van der Waals surface area contributed by atoms with Crippen LogP contribution in [0.5, 0.6) is 5.75 Å². The number of ether oxygens (including phenoxy) is 1. The van der Waals surface area contributed by atoms with Crippen molar-refractivity contribution in [3.63, 3.8) is 0 Å². The van der Waals surface area contributed by atoms with Crippen molar-refractivity contribution in [1.82, 2.24) is 0 Å². The van der Waals surface area contributed by atoms with Crippen molar-refractivity contribution in [1.29, 1.82) is 0 Å². The molecule has 4 nitrogen and oxygen atoms in total. The summed E-state index contributed by atoms with van der Waals surface area (Å²) in [6.45, 7) is 5.37. The summed E-state index contributed by atoms with van der Waals surface area (Å²) in [5.41, 5.74) is 0.513. The van der Waals surface area contributed by atoms with E-state index in [1.54, 1.807) is 24.3 Å². The Morgan fingerprint density at radius 1 is 1.17 bits per heavy atom. The normalized spacial score (nSPS) is 12.2. The van der Waals surface area contributed by atoms with E-state index in [0.29, 0.717) is 11.3 Å². The number of rotatable bonds is 6. The Bertz CT molecular complexity index is 420. The first kappa shape index (κ1) is 14.2. The number of hydrogen-bond donors (Lipinski definition) is 1. The van der Waals surface area contributed by atoms with Crippen LogP contribution in [0.4, 0.5) is 0 Å². The third-order valence-electron chi connectivity index (χ3n) is 2.46. The summed E-state index contributed by atoms with van der Waals surface area (Å²) in [7, 11) is 0.